The third-order valence-corrected chi connectivity index (χ3v) is 5.97. The van der Waals surface area contributed by atoms with Gasteiger partial charge >= 0.3 is 0 Å². The number of likely N-dealkylation sites (tertiary alicyclic amines) is 1. The summed E-state index contributed by atoms with van der Waals surface area (Å²) in [6.07, 6.45) is 7.05. The first-order valence-electron chi connectivity index (χ1n) is 11.3. The van der Waals surface area contributed by atoms with Crippen LogP contribution < -0.4 is 9.30 Å². The molecular formula is C26H27ClN3O4+. The summed E-state index contributed by atoms with van der Waals surface area (Å²) in [5.41, 5.74) is 1.19. The first kappa shape index (κ1) is 23.6. The van der Waals surface area contributed by atoms with Gasteiger partial charge in [-0.3, -0.25) is 14.6 Å². The van der Waals surface area contributed by atoms with Crippen molar-refractivity contribution in [2.75, 3.05) is 13.2 Å². The molecule has 3 aromatic rings. The third kappa shape index (κ3) is 4.99. The molecule has 1 amide bonds. The quantitative estimate of drug-likeness (QED) is 0.207. The molecule has 176 valence electrons. The standard InChI is InChI=1S/C26H26ClN3O4/c1-2-15-34-21-6-3-5-19(16-21)23-22(24(31)18-7-9-20(27)10-8-18)25(32)26(33)30(23)13-4-12-29-14-11-28-17-29/h3,5-11,14,16-17,23H,2,4,12-13,15H2,1H3,(H,31,32)/p+1. The number of amides is 1. The summed E-state index contributed by atoms with van der Waals surface area (Å²) in [6, 6.07) is 13.2. The number of halogens is 1. The number of aliphatic hydroxyl groups is 1. The highest BCUT2D eigenvalue weighted by Crippen LogP contribution is 2.40. The summed E-state index contributed by atoms with van der Waals surface area (Å²) in [5.74, 6) is -0.896. The molecule has 34 heavy (non-hydrogen) atoms. The van der Waals surface area contributed by atoms with Crippen molar-refractivity contribution in [2.45, 2.75) is 32.4 Å². The molecule has 8 heteroatoms. The van der Waals surface area contributed by atoms with E-state index in [2.05, 4.69) is 4.98 Å². The molecule has 1 aliphatic rings. The number of ketones is 1. The van der Waals surface area contributed by atoms with E-state index in [1.807, 2.05) is 54.5 Å². The van der Waals surface area contributed by atoms with E-state index >= 15 is 0 Å². The van der Waals surface area contributed by atoms with Gasteiger partial charge in [0.15, 0.2) is 0 Å². The lowest BCUT2D eigenvalue weighted by Crippen LogP contribution is -2.36. The average Bonchev–Trinajstić information content (AvgIpc) is 3.45. The molecule has 1 aromatic heterocycles. The van der Waals surface area contributed by atoms with E-state index in [0.29, 0.717) is 48.0 Å². The molecule has 2 heterocycles. The van der Waals surface area contributed by atoms with Gasteiger partial charge in [-0.2, -0.15) is 0 Å². The second-order valence-electron chi connectivity index (χ2n) is 8.12. The number of hydrogen-bond acceptors (Lipinski definition) is 4. The number of aliphatic hydroxyl groups excluding tert-OH is 1. The topological polar surface area (TPSA) is 86.5 Å². The van der Waals surface area contributed by atoms with Crippen LogP contribution in [0.1, 0.15) is 36.9 Å². The molecular weight excluding hydrogens is 454 g/mol. The minimum Gasteiger partial charge on any atom is -0.507 e. The van der Waals surface area contributed by atoms with Gasteiger partial charge in [-0.15, -0.1) is 0 Å². The Hall–Kier alpha value is -3.58. The monoisotopic (exact) mass is 480 g/mol. The highest BCUT2D eigenvalue weighted by Gasteiger charge is 2.46. The number of aryl methyl sites for hydroxylation is 1. The number of rotatable bonds is 9. The zero-order chi connectivity index (χ0) is 24.1. The van der Waals surface area contributed by atoms with E-state index in [4.69, 9.17) is 16.3 Å². The number of imidazole rings is 1. The molecule has 1 aliphatic heterocycles. The fraction of sp³-hybridized carbons (Fsp3) is 0.269. The Morgan fingerprint density at radius 2 is 2.00 bits per heavy atom. The van der Waals surface area contributed by atoms with Crippen LogP contribution in [0, 0.1) is 0 Å². The van der Waals surface area contributed by atoms with Crippen LogP contribution in [-0.4, -0.2) is 39.8 Å². The molecule has 0 aliphatic carbocycles. The summed E-state index contributed by atoms with van der Waals surface area (Å²) in [6.45, 7) is 3.61. The van der Waals surface area contributed by atoms with Gasteiger partial charge in [0, 0.05) is 23.6 Å². The number of H-pyrrole nitrogens is 1. The molecule has 2 N–H and O–H groups in total. The summed E-state index contributed by atoms with van der Waals surface area (Å²) < 4.78 is 7.75. The molecule has 0 spiro atoms. The Morgan fingerprint density at radius 1 is 1.21 bits per heavy atom. The van der Waals surface area contributed by atoms with Gasteiger partial charge in [-0.1, -0.05) is 30.7 Å². The molecule has 7 nitrogen and oxygen atoms in total. The van der Waals surface area contributed by atoms with Crippen molar-refractivity contribution in [1.29, 1.82) is 0 Å². The number of aromatic amines is 1. The fourth-order valence-corrected chi connectivity index (χ4v) is 4.22. The van der Waals surface area contributed by atoms with E-state index in [1.54, 1.807) is 24.3 Å². The van der Waals surface area contributed by atoms with Crippen LogP contribution in [0.2, 0.25) is 5.02 Å². The number of ether oxygens (including phenoxy) is 1. The van der Waals surface area contributed by atoms with Gasteiger partial charge in [0.25, 0.3) is 11.7 Å². The lowest BCUT2D eigenvalue weighted by Gasteiger charge is -2.25. The van der Waals surface area contributed by atoms with Crippen molar-refractivity contribution < 1.29 is 24.0 Å². The first-order valence-corrected chi connectivity index (χ1v) is 11.7. The van der Waals surface area contributed by atoms with Gasteiger partial charge in [0.05, 0.1) is 24.8 Å². The Kier molecular flexibility index (Phi) is 7.33. The number of benzene rings is 2. The average molecular weight is 481 g/mol. The summed E-state index contributed by atoms with van der Waals surface area (Å²) >= 11 is 5.99. The maximum absolute atomic E-state index is 13.2. The van der Waals surface area contributed by atoms with Crippen molar-refractivity contribution in [3.05, 3.63) is 89.0 Å². The fourth-order valence-electron chi connectivity index (χ4n) is 4.10. The van der Waals surface area contributed by atoms with E-state index in [0.717, 1.165) is 6.42 Å². The Balaban J connectivity index is 1.73. The van der Waals surface area contributed by atoms with Crippen LogP contribution in [-0.2, 0) is 16.1 Å². The molecule has 0 radical (unpaired) electrons. The predicted octanol–water partition coefficient (Wildman–Crippen LogP) is 4.26. The van der Waals surface area contributed by atoms with Crippen molar-refractivity contribution >= 4 is 29.1 Å². The van der Waals surface area contributed by atoms with Crippen LogP contribution in [0.5, 0.6) is 5.75 Å². The highest BCUT2D eigenvalue weighted by atomic mass is 35.5. The summed E-state index contributed by atoms with van der Waals surface area (Å²) in [5, 5.41) is 11.6. The Morgan fingerprint density at radius 3 is 2.71 bits per heavy atom. The normalized spacial score (nSPS) is 17.4. The minimum absolute atomic E-state index is 0.0641. The Labute approximate surface area is 203 Å². The maximum Gasteiger partial charge on any atom is 0.295 e. The number of carbonyl (C=O) groups excluding carboxylic acids is 2. The molecule has 0 bridgehead atoms. The maximum atomic E-state index is 13.2. The van der Waals surface area contributed by atoms with Crippen molar-refractivity contribution in [3.8, 4) is 5.75 Å². The smallest absolute Gasteiger partial charge is 0.295 e. The lowest BCUT2D eigenvalue weighted by molar-refractivity contribution is -0.695. The van der Waals surface area contributed by atoms with Crippen LogP contribution in [0.3, 0.4) is 0 Å². The molecule has 4 rings (SSSR count). The molecule has 1 atom stereocenters. The van der Waals surface area contributed by atoms with E-state index in [9.17, 15) is 14.7 Å². The number of aromatic nitrogens is 2. The number of hydrogen-bond donors (Lipinski definition) is 2. The molecule has 1 unspecified atom stereocenters. The van der Waals surface area contributed by atoms with Crippen molar-refractivity contribution in [2.24, 2.45) is 0 Å². The third-order valence-electron chi connectivity index (χ3n) is 5.72. The van der Waals surface area contributed by atoms with E-state index in [-0.39, 0.29) is 11.3 Å². The SMILES string of the molecule is CCCOc1cccc(C2C(=C(O)c3ccc(Cl)cc3)C(=O)C(=O)N2CCC[n+]2cc[nH]c2)c1. The molecule has 1 saturated heterocycles. The van der Waals surface area contributed by atoms with Gasteiger partial charge in [-0.05, 0) is 48.4 Å². The van der Waals surface area contributed by atoms with Gasteiger partial charge < -0.3 is 14.7 Å². The highest BCUT2D eigenvalue weighted by molar-refractivity contribution is 6.46. The second kappa shape index (κ2) is 10.6. The van der Waals surface area contributed by atoms with Crippen LogP contribution in [0.15, 0.2) is 72.8 Å². The van der Waals surface area contributed by atoms with Gasteiger partial charge in [0.2, 0.25) is 6.33 Å². The Bertz CT molecular complexity index is 1190. The van der Waals surface area contributed by atoms with Gasteiger partial charge in [-0.25, -0.2) is 4.57 Å². The largest absolute Gasteiger partial charge is 0.507 e. The predicted molar refractivity (Wildman–Crippen MR) is 128 cm³/mol. The number of nitrogens with one attached hydrogen (secondary N) is 1. The summed E-state index contributed by atoms with van der Waals surface area (Å²) in [4.78, 5) is 30.8. The molecule has 1 fully saturated rings. The number of nitrogens with zero attached hydrogens (tertiary/aromatic N) is 2. The van der Waals surface area contributed by atoms with Crippen molar-refractivity contribution in [1.82, 2.24) is 9.88 Å². The van der Waals surface area contributed by atoms with Crippen LogP contribution >= 0.6 is 11.6 Å². The van der Waals surface area contributed by atoms with E-state index < -0.39 is 17.7 Å². The van der Waals surface area contributed by atoms with E-state index in [1.165, 1.54) is 4.90 Å². The van der Waals surface area contributed by atoms with Crippen LogP contribution in [0.25, 0.3) is 5.76 Å². The first-order chi connectivity index (χ1) is 16.5. The van der Waals surface area contributed by atoms with Gasteiger partial charge in [0.1, 0.15) is 23.9 Å². The molecule has 0 saturated carbocycles. The van der Waals surface area contributed by atoms with Crippen LogP contribution in [0.4, 0.5) is 0 Å². The van der Waals surface area contributed by atoms with Crippen molar-refractivity contribution in [3.63, 3.8) is 0 Å². The minimum atomic E-state index is -0.725. The number of Topliss-reactive ketones (excluding diaryl/α,β-unsaturated/α-hetero) is 1. The zero-order valence-electron chi connectivity index (χ0n) is 18.9. The lowest BCUT2D eigenvalue weighted by atomic mass is 9.95. The zero-order valence-corrected chi connectivity index (χ0v) is 19.7. The molecule has 2 aromatic carbocycles. The number of carbonyl (C=O) groups is 2. The second-order valence-corrected chi connectivity index (χ2v) is 8.56. The summed E-state index contributed by atoms with van der Waals surface area (Å²) in [7, 11) is 0.